The smallest absolute Gasteiger partial charge is 0.307 e. The van der Waals surface area contributed by atoms with Gasteiger partial charge in [0.15, 0.2) is 0 Å². The van der Waals surface area contributed by atoms with Gasteiger partial charge in [0.2, 0.25) is 0 Å². The van der Waals surface area contributed by atoms with Crippen molar-refractivity contribution in [1.29, 1.82) is 0 Å². The van der Waals surface area contributed by atoms with Crippen molar-refractivity contribution >= 4 is 5.97 Å². The fraction of sp³-hybridized carbons (Fsp3) is 0.588. The molecule has 1 aliphatic heterocycles. The number of rotatable bonds is 6. The molecule has 20 heavy (non-hydrogen) atoms. The molecule has 2 atom stereocenters. The summed E-state index contributed by atoms with van der Waals surface area (Å²) in [6.45, 7) is 6.19. The second-order valence-electron chi connectivity index (χ2n) is 6.32. The molecule has 1 aliphatic rings. The van der Waals surface area contributed by atoms with Gasteiger partial charge in [-0.05, 0) is 55.3 Å². The summed E-state index contributed by atoms with van der Waals surface area (Å²) < 4.78 is 0. The first-order chi connectivity index (χ1) is 9.56. The monoisotopic (exact) mass is 275 g/mol. The zero-order chi connectivity index (χ0) is 14.5. The summed E-state index contributed by atoms with van der Waals surface area (Å²) in [6.07, 6.45) is 2.67. The number of aliphatic carboxylic acids is 1. The fourth-order valence-electron chi connectivity index (χ4n) is 3.08. The third kappa shape index (κ3) is 4.07. The lowest BCUT2D eigenvalue weighted by Crippen LogP contribution is -2.27. The van der Waals surface area contributed by atoms with Crippen molar-refractivity contribution in [2.75, 3.05) is 13.1 Å². The van der Waals surface area contributed by atoms with Gasteiger partial charge in [-0.15, -0.1) is 0 Å². The van der Waals surface area contributed by atoms with Crippen molar-refractivity contribution in [3.63, 3.8) is 0 Å². The van der Waals surface area contributed by atoms with Crippen LogP contribution in [-0.4, -0.2) is 24.2 Å². The summed E-state index contributed by atoms with van der Waals surface area (Å²) in [4.78, 5) is 11.5. The van der Waals surface area contributed by atoms with Crippen LogP contribution in [0, 0.1) is 17.8 Å². The molecule has 0 aliphatic carbocycles. The van der Waals surface area contributed by atoms with Crippen molar-refractivity contribution < 1.29 is 9.90 Å². The van der Waals surface area contributed by atoms with Crippen LogP contribution in [0.3, 0.4) is 0 Å². The quantitative estimate of drug-likeness (QED) is 0.839. The van der Waals surface area contributed by atoms with Gasteiger partial charge in [-0.25, -0.2) is 0 Å². The lowest BCUT2D eigenvalue weighted by molar-refractivity contribution is -0.143. The van der Waals surface area contributed by atoms with Gasteiger partial charge in [0.25, 0.3) is 0 Å². The lowest BCUT2D eigenvalue weighted by atomic mass is 9.85. The minimum absolute atomic E-state index is 0.265. The first-order valence-corrected chi connectivity index (χ1v) is 7.57. The minimum Gasteiger partial charge on any atom is -0.481 e. The van der Waals surface area contributed by atoms with Crippen LogP contribution < -0.4 is 5.32 Å². The highest BCUT2D eigenvalue weighted by molar-refractivity contribution is 5.71. The van der Waals surface area contributed by atoms with E-state index in [1.165, 1.54) is 5.56 Å². The summed E-state index contributed by atoms with van der Waals surface area (Å²) >= 11 is 0. The van der Waals surface area contributed by atoms with E-state index in [4.69, 9.17) is 0 Å². The van der Waals surface area contributed by atoms with Gasteiger partial charge in [-0.3, -0.25) is 4.79 Å². The molecular weight excluding hydrogens is 250 g/mol. The highest BCUT2D eigenvalue weighted by Gasteiger charge is 2.30. The Morgan fingerprint density at radius 2 is 2.05 bits per heavy atom. The Morgan fingerprint density at radius 3 is 2.60 bits per heavy atom. The molecule has 2 rings (SSSR count). The number of nitrogens with one attached hydrogen (secondary N) is 1. The molecule has 3 nitrogen and oxygen atoms in total. The predicted octanol–water partition coefficient (Wildman–Crippen LogP) is 2.74. The predicted molar refractivity (Wildman–Crippen MR) is 80.8 cm³/mol. The molecule has 0 unspecified atom stereocenters. The van der Waals surface area contributed by atoms with E-state index >= 15 is 0 Å². The van der Waals surface area contributed by atoms with Crippen LogP contribution in [0.4, 0.5) is 0 Å². The van der Waals surface area contributed by atoms with Crippen molar-refractivity contribution in [2.45, 2.75) is 33.1 Å². The number of hydrogen-bond donors (Lipinski definition) is 2. The Morgan fingerprint density at radius 1 is 1.35 bits per heavy atom. The molecule has 110 valence electrons. The summed E-state index contributed by atoms with van der Waals surface area (Å²) in [5.74, 6) is -0.0342. The maximum absolute atomic E-state index is 11.5. The zero-order valence-electron chi connectivity index (χ0n) is 12.4. The number of carboxylic acids is 1. The molecule has 0 bridgehead atoms. The molecule has 1 heterocycles. The van der Waals surface area contributed by atoms with Gasteiger partial charge in [0, 0.05) is 0 Å². The zero-order valence-corrected chi connectivity index (χ0v) is 12.4. The Hall–Kier alpha value is -1.35. The topological polar surface area (TPSA) is 49.3 Å². The van der Waals surface area contributed by atoms with Crippen molar-refractivity contribution in [1.82, 2.24) is 5.32 Å². The number of carbonyl (C=O) groups is 1. The van der Waals surface area contributed by atoms with Gasteiger partial charge >= 0.3 is 5.97 Å². The Labute approximate surface area is 121 Å². The van der Waals surface area contributed by atoms with E-state index in [-0.39, 0.29) is 11.8 Å². The molecule has 1 saturated heterocycles. The van der Waals surface area contributed by atoms with Gasteiger partial charge in [0.05, 0.1) is 5.92 Å². The first kappa shape index (κ1) is 15.0. The van der Waals surface area contributed by atoms with E-state index in [2.05, 4.69) is 43.4 Å². The van der Waals surface area contributed by atoms with E-state index in [0.717, 1.165) is 31.5 Å². The van der Waals surface area contributed by atoms with Crippen molar-refractivity contribution in [2.24, 2.45) is 17.8 Å². The molecule has 0 aromatic heterocycles. The maximum Gasteiger partial charge on any atom is 0.307 e. The molecule has 2 N–H and O–H groups in total. The third-order valence-electron chi connectivity index (χ3n) is 4.08. The number of benzene rings is 1. The molecule has 0 spiro atoms. The maximum atomic E-state index is 11.5. The minimum atomic E-state index is -0.659. The molecular formula is C17H25NO2. The molecule has 1 fully saturated rings. The van der Waals surface area contributed by atoms with E-state index in [1.54, 1.807) is 0 Å². The van der Waals surface area contributed by atoms with E-state index in [0.29, 0.717) is 12.3 Å². The average Bonchev–Trinajstić information content (AvgIpc) is 2.88. The van der Waals surface area contributed by atoms with E-state index in [9.17, 15) is 9.90 Å². The van der Waals surface area contributed by atoms with Gasteiger partial charge in [-0.1, -0.05) is 38.1 Å². The number of hydrogen-bond acceptors (Lipinski definition) is 2. The van der Waals surface area contributed by atoms with Crippen molar-refractivity contribution in [3.05, 3.63) is 35.4 Å². The van der Waals surface area contributed by atoms with Gasteiger partial charge < -0.3 is 10.4 Å². The van der Waals surface area contributed by atoms with Crippen LogP contribution in [0.5, 0.6) is 0 Å². The van der Waals surface area contributed by atoms with E-state index in [1.807, 2.05) is 0 Å². The third-order valence-corrected chi connectivity index (χ3v) is 4.08. The summed E-state index contributed by atoms with van der Waals surface area (Å²) in [5, 5.41) is 12.7. The van der Waals surface area contributed by atoms with Crippen LogP contribution in [0.15, 0.2) is 24.3 Å². The molecule has 1 aromatic rings. The second-order valence-corrected chi connectivity index (χ2v) is 6.32. The second kappa shape index (κ2) is 6.89. The Balaban J connectivity index is 2.07. The largest absolute Gasteiger partial charge is 0.481 e. The highest BCUT2D eigenvalue weighted by atomic mass is 16.4. The molecule has 0 amide bonds. The molecule has 3 heteroatoms. The highest BCUT2D eigenvalue weighted by Crippen LogP contribution is 2.24. The van der Waals surface area contributed by atoms with Gasteiger partial charge in [-0.2, -0.15) is 0 Å². The standard InChI is InChI=1S/C17H25NO2/c1-12(2)8-13-4-3-5-14(9-13)10-16(17(19)20)15-6-7-18-11-15/h3-5,9,12,15-16,18H,6-8,10-11H2,1-2H3,(H,19,20)/t15-,16-/m1/s1. The molecule has 0 saturated carbocycles. The normalized spacial score (nSPS) is 20.2. The van der Waals surface area contributed by atoms with Crippen LogP contribution in [0.2, 0.25) is 0 Å². The summed E-state index contributed by atoms with van der Waals surface area (Å²) in [7, 11) is 0. The fourth-order valence-corrected chi connectivity index (χ4v) is 3.08. The van der Waals surface area contributed by atoms with Crippen LogP contribution in [0.1, 0.15) is 31.4 Å². The van der Waals surface area contributed by atoms with Crippen LogP contribution in [-0.2, 0) is 17.6 Å². The summed E-state index contributed by atoms with van der Waals surface area (Å²) in [5.41, 5.74) is 2.47. The number of carboxylic acid groups (broad SMARTS) is 1. The van der Waals surface area contributed by atoms with E-state index < -0.39 is 5.97 Å². The molecule has 0 radical (unpaired) electrons. The van der Waals surface area contributed by atoms with Crippen LogP contribution >= 0.6 is 0 Å². The summed E-state index contributed by atoms with van der Waals surface area (Å²) in [6, 6.07) is 8.43. The Kier molecular flexibility index (Phi) is 5.18. The molecule has 1 aromatic carbocycles. The van der Waals surface area contributed by atoms with Crippen LogP contribution in [0.25, 0.3) is 0 Å². The Bertz CT molecular complexity index is 450. The first-order valence-electron chi connectivity index (χ1n) is 7.57. The van der Waals surface area contributed by atoms with Crippen molar-refractivity contribution in [3.8, 4) is 0 Å². The SMILES string of the molecule is CC(C)Cc1cccc(C[C@@H](C(=O)O)[C@@H]2CCNC2)c1. The lowest BCUT2D eigenvalue weighted by Gasteiger charge is -2.19. The van der Waals surface area contributed by atoms with Gasteiger partial charge in [0.1, 0.15) is 0 Å². The average molecular weight is 275 g/mol.